The Balaban J connectivity index is 2.60. The molecule has 0 bridgehead atoms. The van der Waals surface area contributed by atoms with Gasteiger partial charge in [-0.25, -0.2) is 4.79 Å². The molecule has 1 atom stereocenters. The molecule has 0 spiro atoms. The van der Waals surface area contributed by atoms with Gasteiger partial charge in [0.15, 0.2) is 0 Å². The number of nitriles is 1. The van der Waals surface area contributed by atoms with Gasteiger partial charge < -0.3 is 10.4 Å². The Morgan fingerprint density at radius 2 is 2.10 bits per heavy atom. The summed E-state index contributed by atoms with van der Waals surface area (Å²) < 4.78 is 0. The van der Waals surface area contributed by atoms with Gasteiger partial charge in [0.1, 0.15) is 6.04 Å². The lowest BCUT2D eigenvalue weighted by Crippen LogP contribution is -2.40. The second kappa shape index (κ2) is 8.82. The maximum absolute atomic E-state index is 11.7. The number of amides is 1. The van der Waals surface area contributed by atoms with Crippen molar-refractivity contribution in [3.05, 3.63) is 41.5 Å². The van der Waals surface area contributed by atoms with Gasteiger partial charge in [0, 0.05) is 6.08 Å². The number of thioether (sulfide) groups is 1. The minimum Gasteiger partial charge on any atom is -0.480 e. The van der Waals surface area contributed by atoms with Crippen LogP contribution in [0.4, 0.5) is 0 Å². The number of rotatable bonds is 7. The molecule has 0 aliphatic heterocycles. The molecule has 21 heavy (non-hydrogen) atoms. The summed E-state index contributed by atoms with van der Waals surface area (Å²) in [5.74, 6) is -0.826. The zero-order valence-corrected chi connectivity index (χ0v) is 12.4. The molecule has 6 heteroatoms. The number of aliphatic carboxylic acids is 1. The molecule has 5 nitrogen and oxygen atoms in total. The Kier molecular flexibility index (Phi) is 7.05. The molecule has 0 aliphatic rings. The highest BCUT2D eigenvalue weighted by Crippen LogP contribution is 2.05. The summed E-state index contributed by atoms with van der Waals surface area (Å²) in [6.07, 6.45) is 5.12. The number of carboxylic acid groups (broad SMARTS) is 1. The first-order valence-corrected chi connectivity index (χ1v) is 7.66. The molecule has 1 rings (SSSR count). The molecule has 0 saturated carbocycles. The van der Waals surface area contributed by atoms with E-state index in [9.17, 15) is 9.59 Å². The maximum atomic E-state index is 11.7. The fraction of sp³-hybridized carbons (Fsp3) is 0.267. The second-order valence-electron chi connectivity index (χ2n) is 4.25. The lowest BCUT2D eigenvalue weighted by atomic mass is 10.1. The topological polar surface area (TPSA) is 90.2 Å². The van der Waals surface area contributed by atoms with Crippen LogP contribution in [0, 0.1) is 11.3 Å². The van der Waals surface area contributed by atoms with E-state index in [0.29, 0.717) is 17.7 Å². The Hall–Kier alpha value is -2.26. The van der Waals surface area contributed by atoms with E-state index in [2.05, 4.69) is 5.32 Å². The first-order chi connectivity index (χ1) is 10.1. The van der Waals surface area contributed by atoms with E-state index in [1.807, 2.05) is 12.3 Å². The van der Waals surface area contributed by atoms with E-state index in [-0.39, 0.29) is 0 Å². The second-order valence-corrected chi connectivity index (χ2v) is 5.23. The fourth-order valence-corrected chi connectivity index (χ4v) is 2.03. The van der Waals surface area contributed by atoms with E-state index < -0.39 is 17.9 Å². The van der Waals surface area contributed by atoms with Crippen LogP contribution in [0.5, 0.6) is 0 Å². The van der Waals surface area contributed by atoms with Crippen molar-refractivity contribution in [1.29, 1.82) is 5.26 Å². The van der Waals surface area contributed by atoms with Crippen molar-refractivity contribution in [3.63, 3.8) is 0 Å². The van der Waals surface area contributed by atoms with Crippen LogP contribution in [0.2, 0.25) is 0 Å². The van der Waals surface area contributed by atoms with Gasteiger partial charge in [-0.1, -0.05) is 12.1 Å². The molecular formula is C15H16N2O3S. The summed E-state index contributed by atoms with van der Waals surface area (Å²) in [6, 6.07) is 7.85. The van der Waals surface area contributed by atoms with Gasteiger partial charge in [-0.2, -0.15) is 17.0 Å². The molecule has 1 amide bonds. The standard InChI is InChI=1S/C15H16N2O3S/c1-21-9-8-13(15(19)20)17-14(18)7-6-11-2-4-12(10-16)5-3-11/h2-7,13H,8-9H2,1H3,(H,17,18)(H,19,20)/b7-6+/t13-/m0/s1. The SMILES string of the molecule is CSCC[C@H](NC(=O)/C=C/c1ccc(C#N)cc1)C(=O)O. The monoisotopic (exact) mass is 304 g/mol. The van der Waals surface area contributed by atoms with Gasteiger partial charge in [0.2, 0.25) is 5.91 Å². The van der Waals surface area contributed by atoms with Gasteiger partial charge in [-0.15, -0.1) is 0 Å². The minimum atomic E-state index is -1.04. The Morgan fingerprint density at radius 1 is 1.43 bits per heavy atom. The molecule has 0 fully saturated rings. The summed E-state index contributed by atoms with van der Waals surface area (Å²) in [4.78, 5) is 22.7. The first-order valence-electron chi connectivity index (χ1n) is 6.27. The number of carboxylic acids is 1. The molecule has 1 aromatic rings. The zero-order chi connectivity index (χ0) is 15.7. The predicted octanol–water partition coefficient (Wildman–Crippen LogP) is 1.89. The van der Waals surface area contributed by atoms with E-state index in [1.165, 1.54) is 17.8 Å². The lowest BCUT2D eigenvalue weighted by molar-refractivity contribution is -0.141. The van der Waals surface area contributed by atoms with Gasteiger partial charge in [0.25, 0.3) is 0 Å². The van der Waals surface area contributed by atoms with Crippen LogP contribution in [-0.2, 0) is 9.59 Å². The highest BCUT2D eigenvalue weighted by molar-refractivity contribution is 7.98. The molecule has 2 N–H and O–H groups in total. The minimum absolute atomic E-state index is 0.382. The van der Waals surface area contributed by atoms with E-state index in [0.717, 1.165) is 5.56 Å². The molecule has 110 valence electrons. The molecule has 0 radical (unpaired) electrons. The Labute approximate surface area is 127 Å². The quantitative estimate of drug-likeness (QED) is 0.751. The molecule has 1 aromatic carbocycles. The third kappa shape index (κ3) is 6.15. The number of nitrogens with zero attached hydrogens (tertiary/aromatic N) is 1. The van der Waals surface area contributed by atoms with Crippen molar-refractivity contribution in [1.82, 2.24) is 5.32 Å². The van der Waals surface area contributed by atoms with Gasteiger partial charge >= 0.3 is 5.97 Å². The highest BCUT2D eigenvalue weighted by Gasteiger charge is 2.17. The Morgan fingerprint density at radius 3 is 2.62 bits per heavy atom. The molecule has 0 heterocycles. The predicted molar refractivity (Wildman–Crippen MR) is 82.8 cm³/mol. The molecule has 0 aromatic heterocycles. The van der Waals surface area contributed by atoms with Gasteiger partial charge in [0.05, 0.1) is 11.6 Å². The maximum Gasteiger partial charge on any atom is 0.326 e. The zero-order valence-electron chi connectivity index (χ0n) is 11.6. The van der Waals surface area contributed by atoms with Gasteiger partial charge in [-0.3, -0.25) is 4.79 Å². The number of nitrogens with one attached hydrogen (secondary N) is 1. The summed E-state index contributed by atoms with van der Waals surface area (Å²) in [5.41, 5.74) is 1.31. The van der Waals surface area contributed by atoms with Crippen LogP contribution in [0.1, 0.15) is 17.5 Å². The van der Waals surface area contributed by atoms with E-state index >= 15 is 0 Å². The van der Waals surface area contributed by atoms with Crippen LogP contribution < -0.4 is 5.32 Å². The van der Waals surface area contributed by atoms with Crippen molar-refractivity contribution < 1.29 is 14.7 Å². The van der Waals surface area contributed by atoms with Crippen molar-refractivity contribution in [2.24, 2.45) is 0 Å². The summed E-state index contributed by atoms with van der Waals surface area (Å²) in [7, 11) is 0. The van der Waals surface area contributed by atoms with Crippen molar-refractivity contribution in [2.45, 2.75) is 12.5 Å². The van der Waals surface area contributed by atoms with Crippen LogP contribution in [-0.4, -0.2) is 35.0 Å². The number of hydrogen-bond acceptors (Lipinski definition) is 4. The average Bonchev–Trinajstić information content (AvgIpc) is 2.49. The molecular weight excluding hydrogens is 288 g/mol. The normalized spacial score (nSPS) is 11.8. The third-order valence-electron chi connectivity index (χ3n) is 2.69. The molecule has 0 saturated heterocycles. The van der Waals surface area contributed by atoms with E-state index in [1.54, 1.807) is 30.3 Å². The van der Waals surface area contributed by atoms with E-state index in [4.69, 9.17) is 10.4 Å². The largest absolute Gasteiger partial charge is 0.480 e. The van der Waals surface area contributed by atoms with Crippen LogP contribution >= 0.6 is 11.8 Å². The highest BCUT2D eigenvalue weighted by atomic mass is 32.2. The lowest BCUT2D eigenvalue weighted by Gasteiger charge is -2.12. The number of hydrogen-bond donors (Lipinski definition) is 2. The molecule has 0 unspecified atom stereocenters. The van der Waals surface area contributed by atoms with Crippen molar-refractivity contribution >= 4 is 29.7 Å². The Bertz CT molecular complexity index is 561. The summed E-state index contributed by atoms with van der Waals surface area (Å²) >= 11 is 1.53. The number of carbonyl (C=O) groups is 2. The van der Waals surface area contributed by atoms with Crippen LogP contribution in [0.25, 0.3) is 6.08 Å². The fourth-order valence-electron chi connectivity index (χ4n) is 1.55. The third-order valence-corrected chi connectivity index (χ3v) is 3.34. The number of benzene rings is 1. The van der Waals surface area contributed by atoms with Crippen molar-refractivity contribution in [2.75, 3.05) is 12.0 Å². The van der Waals surface area contributed by atoms with Gasteiger partial charge in [-0.05, 0) is 42.2 Å². The summed E-state index contributed by atoms with van der Waals surface area (Å²) in [5, 5.41) is 20.1. The summed E-state index contributed by atoms with van der Waals surface area (Å²) in [6.45, 7) is 0. The smallest absolute Gasteiger partial charge is 0.326 e. The van der Waals surface area contributed by atoms with Crippen LogP contribution in [0.3, 0.4) is 0 Å². The van der Waals surface area contributed by atoms with Crippen molar-refractivity contribution in [3.8, 4) is 6.07 Å². The average molecular weight is 304 g/mol. The van der Waals surface area contributed by atoms with Crippen LogP contribution in [0.15, 0.2) is 30.3 Å². The number of carbonyl (C=O) groups excluding carboxylic acids is 1. The first kappa shape index (κ1) is 16.8. The molecule has 0 aliphatic carbocycles.